The van der Waals surface area contributed by atoms with Gasteiger partial charge in [-0.1, -0.05) is 166 Å². The number of amides is 1. The summed E-state index contributed by atoms with van der Waals surface area (Å²) in [5.41, 5.74) is 0. The van der Waals surface area contributed by atoms with E-state index in [0.29, 0.717) is 23.9 Å². The molecule has 0 saturated carbocycles. The Balaban J connectivity index is 4.21. The summed E-state index contributed by atoms with van der Waals surface area (Å²) < 4.78 is 23.5. The standard InChI is InChI=1S/C44H85N2O6P/c1-6-8-10-12-14-16-17-18-19-20-21-22-23-24-25-26-27-28-29-30-32-34-36-38-44(48)45-42(41-52-53(49,50)51-40-39-46(3,4)5)43(47)37-35-33-31-15-13-11-9-7-2/h17-18,20-21,23-24,42-43,47H,6-16,19,22,25-41H2,1-5H3,(H-,45,48,49,50)/p+1/b18-17-,21-20-,24-23-. The predicted molar refractivity (Wildman–Crippen MR) is 226 cm³/mol. The highest BCUT2D eigenvalue weighted by molar-refractivity contribution is 7.47. The topological polar surface area (TPSA) is 105 Å². The average Bonchev–Trinajstić information content (AvgIpc) is 3.10. The summed E-state index contributed by atoms with van der Waals surface area (Å²) in [6.45, 7) is 4.82. The van der Waals surface area contributed by atoms with Crippen LogP contribution in [0, 0.1) is 0 Å². The Labute approximate surface area is 327 Å². The molecule has 0 aliphatic carbocycles. The Hall–Kier alpha value is -1.28. The van der Waals surface area contributed by atoms with Crippen LogP contribution >= 0.6 is 7.82 Å². The van der Waals surface area contributed by atoms with Gasteiger partial charge in [0.15, 0.2) is 0 Å². The highest BCUT2D eigenvalue weighted by Crippen LogP contribution is 2.43. The van der Waals surface area contributed by atoms with Crippen molar-refractivity contribution in [2.24, 2.45) is 0 Å². The number of rotatable bonds is 39. The summed E-state index contributed by atoms with van der Waals surface area (Å²) in [4.78, 5) is 23.0. The van der Waals surface area contributed by atoms with E-state index in [2.05, 4.69) is 55.6 Å². The lowest BCUT2D eigenvalue weighted by Crippen LogP contribution is -2.46. The first-order valence-corrected chi connectivity index (χ1v) is 23.3. The van der Waals surface area contributed by atoms with E-state index in [1.54, 1.807) is 0 Å². The number of phosphoric acid groups is 1. The number of allylic oxidation sites excluding steroid dienone is 6. The molecule has 53 heavy (non-hydrogen) atoms. The lowest BCUT2D eigenvalue weighted by molar-refractivity contribution is -0.870. The Bertz CT molecular complexity index is 964. The molecule has 0 aromatic heterocycles. The summed E-state index contributed by atoms with van der Waals surface area (Å²) in [6.07, 6.45) is 43.2. The first kappa shape index (κ1) is 51.7. The van der Waals surface area contributed by atoms with Crippen molar-refractivity contribution in [1.82, 2.24) is 5.32 Å². The van der Waals surface area contributed by atoms with Gasteiger partial charge in [0, 0.05) is 6.42 Å². The van der Waals surface area contributed by atoms with E-state index in [-0.39, 0.29) is 19.1 Å². The molecule has 0 aliphatic rings. The first-order chi connectivity index (χ1) is 25.5. The molecule has 3 atom stereocenters. The molecular formula is C44H86N2O6P+. The molecule has 0 saturated heterocycles. The number of aliphatic hydroxyl groups is 1. The molecule has 0 aromatic rings. The molecule has 0 heterocycles. The lowest BCUT2D eigenvalue weighted by Gasteiger charge is -2.26. The lowest BCUT2D eigenvalue weighted by atomic mass is 10.0. The fourth-order valence-corrected chi connectivity index (χ4v) is 6.85. The van der Waals surface area contributed by atoms with E-state index >= 15 is 0 Å². The van der Waals surface area contributed by atoms with Crippen LogP contribution in [0.4, 0.5) is 0 Å². The van der Waals surface area contributed by atoms with Crippen LogP contribution in [0.3, 0.4) is 0 Å². The van der Waals surface area contributed by atoms with Crippen molar-refractivity contribution in [1.29, 1.82) is 0 Å². The first-order valence-electron chi connectivity index (χ1n) is 21.9. The largest absolute Gasteiger partial charge is 0.472 e. The van der Waals surface area contributed by atoms with Gasteiger partial charge in [-0.15, -0.1) is 0 Å². The molecule has 0 aromatic carbocycles. The number of likely N-dealkylation sites (N-methyl/N-ethyl adjacent to an activating group) is 1. The molecule has 0 fully saturated rings. The maximum Gasteiger partial charge on any atom is 0.472 e. The number of carbonyl (C=O) groups excluding carboxylic acids is 1. The third-order valence-electron chi connectivity index (χ3n) is 9.64. The molecule has 0 aliphatic heterocycles. The number of nitrogens with one attached hydrogen (secondary N) is 1. The molecule has 312 valence electrons. The van der Waals surface area contributed by atoms with Gasteiger partial charge >= 0.3 is 7.82 Å². The maximum atomic E-state index is 12.8. The van der Waals surface area contributed by atoms with Gasteiger partial charge in [0.05, 0.1) is 39.9 Å². The zero-order valence-corrected chi connectivity index (χ0v) is 36.1. The quantitative estimate of drug-likeness (QED) is 0.0249. The van der Waals surface area contributed by atoms with Crippen LogP contribution in [0.1, 0.15) is 187 Å². The van der Waals surface area contributed by atoms with Crippen molar-refractivity contribution in [2.75, 3.05) is 40.9 Å². The van der Waals surface area contributed by atoms with E-state index in [1.165, 1.54) is 103 Å². The summed E-state index contributed by atoms with van der Waals surface area (Å²) in [5, 5.41) is 13.8. The minimum Gasteiger partial charge on any atom is -0.391 e. The van der Waals surface area contributed by atoms with Gasteiger partial charge in [0.25, 0.3) is 0 Å². The second-order valence-corrected chi connectivity index (χ2v) is 17.5. The Morgan fingerprint density at radius 3 is 1.57 bits per heavy atom. The van der Waals surface area contributed by atoms with Crippen molar-refractivity contribution in [3.8, 4) is 0 Å². The maximum absolute atomic E-state index is 12.8. The number of hydrogen-bond acceptors (Lipinski definition) is 5. The number of phosphoric ester groups is 1. The third-order valence-corrected chi connectivity index (χ3v) is 10.6. The van der Waals surface area contributed by atoms with Crippen LogP contribution in [0.5, 0.6) is 0 Å². The highest BCUT2D eigenvalue weighted by atomic mass is 31.2. The minimum absolute atomic E-state index is 0.0719. The number of unbranched alkanes of at least 4 members (excludes halogenated alkanes) is 20. The summed E-state index contributed by atoms with van der Waals surface area (Å²) in [6, 6.07) is -0.761. The van der Waals surface area contributed by atoms with Crippen LogP contribution in [0.15, 0.2) is 36.5 Å². The zero-order chi connectivity index (χ0) is 39.3. The van der Waals surface area contributed by atoms with E-state index in [9.17, 15) is 19.4 Å². The molecule has 0 spiro atoms. The fourth-order valence-electron chi connectivity index (χ4n) is 6.11. The van der Waals surface area contributed by atoms with Crippen LogP contribution in [0.25, 0.3) is 0 Å². The van der Waals surface area contributed by atoms with Gasteiger partial charge in [-0.05, 0) is 51.4 Å². The molecule has 0 rings (SSSR count). The average molecular weight is 770 g/mol. The smallest absolute Gasteiger partial charge is 0.391 e. The van der Waals surface area contributed by atoms with Gasteiger partial charge in [0.2, 0.25) is 5.91 Å². The predicted octanol–water partition coefficient (Wildman–Crippen LogP) is 11.9. The van der Waals surface area contributed by atoms with Crippen molar-refractivity contribution in [2.45, 2.75) is 199 Å². The van der Waals surface area contributed by atoms with Crippen molar-refractivity contribution < 1.29 is 32.9 Å². The minimum atomic E-state index is -4.31. The van der Waals surface area contributed by atoms with Gasteiger partial charge in [-0.3, -0.25) is 13.8 Å². The SMILES string of the molecule is CCCCCCC/C=C\C/C=C\C/C=C\CCCCCCCCCCC(=O)NC(COP(=O)(O)OCC[N+](C)(C)C)C(O)CCCCCCCCCC. The molecule has 8 nitrogen and oxygen atoms in total. The van der Waals surface area contributed by atoms with Gasteiger partial charge in [-0.25, -0.2) is 4.57 Å². The second kappa shape index (κ2) is 36.4. The third kappa shape index (κ3) is 38.8. The Morgan fingerprint density at radius 2 is 1.08 bits per heavy atom. The van der Waals surface area contributed by atoms with Crippen LogP contribution in [0.2, 0.25) is 0 Å². The van der Waals surface area contributed by atoms with E-state index in [1.807, 2.05) is 21.1 Å². The van der Waals surface area contributed by atoms with Crippen LogP contribution < -0.4 is 5.32 Å². The molecule has 9 heteroatoms. The van der Waals surface area contributed by atoms with Crippen molar-refractivity contribution in [3.63, 3.8) is 0 Å². The molecule has 0 bridgehead atoms. The zero-order valence-electron chi connectivity index (χ0n) is 35.3. The van der Waals surface area contributed by atoms with Gasteiger partial charge < -0.3 is 19.8 Å². The van der Waals surface area contributed by atoms with Gasteiger partial charge in [-0.2, -0.15) is 0 Å². The molecule has 3 unspecified atom stereocenters. The molecule has 3 N–H and O–H groups in total. The van der Waals surface area contributed by atoms with Gasteiger partial charge in [0.1, 0.15) is 13.2 Å². The van der Waals surface area contributed by atoms with Crippen LogP contribution in [-0.4, -0.2) is 73.4 Å². The molecule has 1 amide bonds. The number of nitrogens with zero attached hydrogens (tertiary/aromatic N) is 1. The van der Waals surface area contributed by atoms with Crippen molar-refractivity contribution in [3.05, 3.63) is 36.5 Å². The summed E-state index contributed by atoms with van der Waals surface area (Å²) in [7, 11) is 1.60. The van der Waals surface area contributed by atoms with E-state index in [4.69, 9.17) is 9.05 Å². The Kier molecular flexibility index (Phi) is 35.5. The molecular weight excluding hydrogens is 683 g/mol. The number of aliphatic hydroxyl groups excluding tert-OH is 1. The van der Waals surface area contributed by atoms with Crippen molar-refractivity contribution >= 4 is 13.7 Å². The highest BCUT2D eigenvalue weighted by Gasteiger charge is 2.28. The monoisotopic (exact) mass is 770 g/mol. The summed E-state index contributed by atoms with van der Waals surface area (Å²) >= 11 is 0. The van der Waals surface area contributed by atoms with E-state index in [0.717, 1.165) is 57.8 Å². The molecule has 0 radical (unpaired) electrons. The normalized spacial score (nSPS) is 14.8. The summed E-state index contributed by atoms with van der Waals surface area (Å²) in [5.74, 6) is -0.156. The second-order valence-electron chi connectivity index (χ2n) is 16.1. The Morgan fingerprint density at radius 1 is 0.642 bits per heavy atom. The fraction of sp³-hybridized carbons (Fsp3) is 0.841. The number of carbonyl (C=O) groups is 1. The van der Waals surface area contributed by atoms with Crippen LogP contribution in [-0.2, 0) is 18.4 Å². The number of hydrogen-bond donors (Lipinski definition) is 3. The number of quaternary nitrogens is 1. The van der Waals surface area contributed by atoms with E-state index < -0.39 is 20.0 Å².